The zero-order valence-electron chi connectivity index (χ0n) is 20.3. The van der Waals surface area contributed by atoms with E-state index < -0.39 is 0 Å². The van der Waals surface area contributed by atoms with Crippen LogP contribution in [-0.2, 0) is 16.1 Å². The van der Waals surface area contributed by atoms with E-state index in [-0.39, 0.29) is 23.8 Å². The lowest BCUT2D eigenvalue weighted by Gasteiger charge is -2.28. The molecule has 0 radical (unpaired) electrons. The van der Waals surface area contributed by atoms with E-state index in [1.54, 1.807) is 31.4 Å². The molecule has 33 heavy (non-hydrogen) atoms. The second kappa shape index (κ2) is 11.2. The number of anilines is 2. The lowest BCUT2D eigenvalue weighted by molar-refractivity contribution is -0.118. The molecular formula is C26H35N3O4. The van der Waals surface area contributed by atoms with E-state index in [4.69, 9.17) is 9.47 Å². The Kier molecular flexibility index (Phi) is 8.33. The molecule has 3 rings (SSSR count). The molecule has 0 aromatic heterocycles. The molecule has 1 N–H and O–H groups in total. The molecule has 1 aliphatic heterocycles. The molecule has 7 nitrogen and oxygen atoms in total. The molecule has 178 valence electrons. The Morgan fingerprint density at radius 3 is 2.45 bits per heavy atom. The van der Waals surface area contributed by atoms with Gasteiger partial charge in [0.25, 0.3) is 5.91 Å². The molecule has 7 heteroatoms. The Bertz CT molecular complexity index is 951. The molecule has 2 aromatic carbocycles. The molecule has 1 saturated heterocycles. The first-order valence-corrected chi connectivity index (χ1v) is 11.4. The molecule has 0 aliphatic carbocycles. The zero-order chi connectivity index (χ0) is 24.0. The van der Waals surface area contributed by atoms with Crippen molar-refractivity contribution in [1.29, 1.82) is 0 Å². The number of amides is 2. The summed E-state index contributed by atoms with van der Waals surface area (Å²) in [6.07, 6.45) is 1.98. The van der Waals surface area contributed by atoms with Gasteiger partial charge in [-0.2, -0.15) is 0 Å². The van der Waals surface area contributed by atoms with E-state index in [9.17, 15) is 9.59 Å². The van der Waals surface area contributed by atoms with E-state index >= 15 is 0 Å². The molecule has 1 heterocycles. The molecule has 1 aliphatic rings. The summed E-state index contributed by atoms with van der Waals surface area (Å²) in [5.41, 5.74) is 3.28. The number of carbonyl (C=O) groups excluding carboxylic acids is 2. The normalized spacial score (nSPS) is 15.4. The fraction of sp³-hybridized carbons (Fsp3) is 0.462. The van der Waals surface area contributed by atoms with Crippen LogP contribution in [0.25, 0.3) is 0 Å². The van der Waals surface area contributed by atoms with Crippen molar-refractivity contribution in [2.24, 2.45) is 5.92 Å². The fourth-order valence-corrected chi connectivity index (χ4v) is 3.89. The van der Waals surface area contributed by atoms with Gasteiger partial charge in [0, 0.05) is 56.6 Å². The van der Waals surface area contributed by atoms with Crippen LogP contribution in [0.5, 0.6) is 5.75 Å². The molecular weight excluding hydrogens is 418 g/mol. The molecule has 2 amide bonds. The third-order valence-electron chi connectivity index (χ3n) is 5.79. The Labute approximate surface area is 196 Å². The van der Waals surface area contributed by atoms with E-state index in [0.29, 0.717) is 24.4 Å². The van der Waals surface area contributed by atoms with Crippen molar-refractivity contribution < 1.29 is 19.1 Å². The average molecular weight is 454 g/mol. The third-order valence-corrected chi connectivity index (χ3v) is 5.79. The van der Waals surface area contributed by atoms with Gasteiger partial charge in [-0.15, -0.1) is 0 Å². The van der Waals surface area contributed by atoms with Crippen molar-refractivity contribution in [2.75, 3.05) is 44.6 Å². The minimum absolute atomic E-state index is 0.0267. The first-order valence-electron chi connectivity index (χ1n) is 11.4. The number of hydrogen-bond acceptors (Lipinski definition) is 5. The van der Waals surface area contributed by atoms with Gasteiger partial charge in [0.15, 0.2) is 0 Å². The van der Waals surface area contributed by atoms with Crippen LogP contribution in [0.15, 0.2) is 42.5 Å². The van der Waals surface area contributed by atoms with Crippen LogP contribution in [0, 0.1) is 5.92 Å². The Balaban J connectivity index is 1.91. The fourth-order valence-electron chi connectivity index (χ4n) is 3.89. The largest absolute Gasteiger partial charge is 0.497 e. The lowest BCUT2D eigenvalue weighted by atomic mass is 10.1. The number of ether oxygens (including phenoxy) is 2. The van der Waals surface area contributed by atoms with Crippen LogP contribution in [0.1, 0.15) is 42.6 Å². The summed E-state index contributed by atoms with van der Waals surface area (Å²) >= 11 is 0. The summed E-state index contributed by atoms with van der Waals surface area (Å²) in [5, 5.41) is 2.97. The number of rotatable bonds is 9. The number of nitrogens with zero attached hydrogens (tertiary/aromatic N) is 2. The molecule has 0 bridgehead atoms. The minimum atomic E-state index is -0.116. The number of hydrogen-bond donors (Lipinski definition) is 1. The van der Waals surface area contributed by atoms with E-state index in [2.05, 4.69) is 5.32 Å². The van der Waals surface area contributed by atoms with Crippen molar-refractivity contribution in [3.05, 3.63) is 53.6 Å². The Morgan fingerprint density at radius 2 is 1.88 bits per heavy atom. The highest BCUT2D eigenvalue weighted by Crippen LogP contribution is 2.27. The van der Waals surface area contributed by atoms with E-state index in [1.165, 1.54) is 0 Å². The molecule has 1 fully saturated rings. The molecule has 0 saturated carbocycles. The number of methoxy groups -OCH3 is 1. The van der Waals surface area contributed by atoms with Crippen LogP contribution in [-0.4, -0.2) is 57.2 Å². The average Bonchev–Trinajstić information content (AvgIpc) is 3.31. The first-order chi connectivity index (χ1) is 15.8. The van der Waals surface area contributed by atoms with Gasteiger partial charge in [-0.05, 0) is 60.9 Å². The summed E-state index contributed by atoms with van der Waals surface area (Å²) in [5.74, 6) is 0.494. The van der Waals surface area contributed by atoms with Gasteiger partial charge in [-0.3, -0.25) is 9.59 Å². The van der Waals surface area contributed by atoms with Crippen molar-refractivity contribution in [1.82, 2.24) is 4.90 Å². The van der Waals surface area contributed by atoms with Gasteiger partial charge >= 0.3 is 0 Å². The monoisotopic (exact) mass is 453 g/mol. The predicted octanol–water partition coefficient (Wildman–Crippen LogP) is 4.18. The van der Waals surface area contributed by atoms with Crippen molar-refractivity contribution >= 4 is 23.2 Å². The topological polar surface area (TPSA) is 71.1 Å². The highest BCUT2D eigenvalue weighted by atomic mass is 16.5. The summed E-state index contributed by atoms with van der Waals surface area (Å²) < 4.78 is 11.1. The van der Waals surface area contributed by atoms with Gasteiger partial charge < -0.3 is 24.6 Å². The van der Waals surface area contributed by atoms with Crippen LogP contribution in [0.3, 0.4) is 0 Å². The van der Waals surface area contributed by atoms with Crippen LogP contribution < -0.4 is 15.0 Å². The maximum atomic E-state index is 13.5. The standard InChI is InChI=1S/C26H35N3O4/c1-18(2)25(30)27-21-10-13-24(28(3)4)20(15-21)16-29(17-23-7-6-14-33-23)26(31)19-8-11-22(32-5)12-9-19/h8-13,15,18,23H,6-7,14,16-17H2,1-5H3,(H,27,30). The summed E-state index contributed by atoms with van der Waals surface area (Å²) in [7, 11) is 5.55. The van der Waals surface area contributed by atoms with Crippen molar-refractivity contribution in [3.8, 4) is 5.75 Å². The van der Waals surface area contributed by atoms with Gasteiger partial charge in [0.05, 0.1) is 13.2 Å². The van der Waals surface area contributed by atoms with E-state index in [1.807, 2.05) is 55.9 Å². The summed E-state index contributed by atoms with van der Waals surface area (Å²) in [4.78, 5) is 29.6. The number of benzene rings is 2. The molecule has 0 spiro atoms. The maximum absolute atomic E-state index is 13.5. The van der Waals surface area contributed by atoms with Crippen molar-refractivity contribution in [3.63, 3.8) is 0 Å². The van der Waals surface area contributed by atoms with Gasteiger partial charge in [0.2, 0.25) is 5.91 Å². The maximum Gasteiger partial charge on any atom is 0.254 e. The van der Waals surface area contributed by atoms with Crippen LogP contribution in [0.4, 0.5) is 11.4 Å². The Morgan fingerprint density at radius 1 is 1.15 bits per heavy atom. The number of carbonyl (C=O) groups is 2. The second-order valence-electron chi connectivity index (χ2n) is 8.93. The SMILES string of the molecule is COc1ccc(C(=O)N(Cc2cc(NC(=O)C(C)C)ccc2N(C)C)CC2CCCO2)cc1. The zero-order valence-corrected chi connectivity index (χ0v) is 20.3. The third kappa shape index (κ3) is 6.48. The molecule has 1 unspecified atom stereocenters. The number of nitrogens with one attached hydrogen (secondary N) is 1. The van der Waals surface area contributed by atoms with Gasteiger partial charge in [0.1, 0.15) is 5.75 Å². The minimum Gasteiger partial charge on any atom is -0.497 e. The Hall–Kier alpha value is -3.06. The lowest BCUT2D eigenvalue weighted by Crippen LogP contribution is -2.37. The highest BCUT2D eigenvalue weighted by Gasteiger charge is 2.25. The van der Waals surface area contributed by atoms with Crippen LogP contribution in [0.2, 0.25) is 0 Å². The molecule has 2 aromatic rings. The van der Waals surface area contributed by atoms with Crippen LogP contribution >= 0.6 is 0 Å². The second-order valence-corrected chi connectivity index (χ2v) is 8.93. The van der Waals surface area contributed by atoms with Crippen molar-refractivity contribution in [2.45, 2.75) is 39.3 Å². The van der Waals surface area contributed by atoms with Gasteiger partial charge in [-0.25, -0.2) is 0 Å². The molecule has 1 atom stereocenters. The highest BCUT2D eigenvalue weighted by molar-refractivity contribution is 5.95. The summed E-state index contributed by atoms with van der Waals surface area (Å²) in [6.45, 7) is 5.38. The smallest absolute Gasteiger partial charge is 0.254 e. The summed E-state index contributed by atoms with van der Waals surface area (Å²) in [6, 6.07) is 13.0. The predicted molar refractivity (Wildman–Crippen MR) is 131 cm³/mol. The quantitative estimate of drug-likeness (QED) is 0.617. The van der Waals surface area contributed by atoms with E-state index in [0.717, 1.165) is 36.4 Å². The first kappa shape index (κ1) is 24.6. The van der Waals surface area contributed by atoms with Gasteiger partial charge in [-0.1, -0.05) is 13.8 Å².